The van der Waals surface area contributed by atoms with Gasteiger partial charge in [0.05, 0.1) is 18.8 Å². The lowest BCUT2D eigenvalue weighted by Crippen LogP contribution is -2.08. The molecule has 8 heteroatoms. The number of ether oxygens (including phenoxy) is 1. The number of fused-ring (bicyclic) bond motifs is 1. The van der Waals surface area contributed by atoms with Gasteiger partial charge in [0, 0.05) is 21.0 Å². The van der Waals surface area contributed by atoms with Gasteiger partial charge in [-0.1, -0.05) is 17.7 Å². The second-order valence-electron chi connectivity index (χ2n) is 6.05. The van der Waals surface area contributed by atoms with Crippen LogP contribution in [0.15, 0.2) is 42.5 Å². The summed E-state index contributed by atoms with van der Waals surface area (Å²) in [6, 6.07) is 12.3. The third-order valence-electron chi connectivity index (χ3n) is 4.27. The molecule has 5 nitrogen and oxygen atoms in total. The van der Waals surface area contributed by atoms with Crippen molar-refractivity contribution in [2.75, 3.05) is 7.11 Å². The quantitative estimate of drug-likeness (QED) is 0.392. The SMILES string of the molecule is COc1cc(-c2ccc3nsnc3c2)sc1C(=O)c1cc(Cl)ccc1C(C)=O. The molecule has 0 saturated heterocycles. The Morgan fingerprint density at radius 2 is 1.79 bits per heavy atom. The lowest BCUT2D eigenvalue weighted by molar-refractivity contribution is 0.0990. The van der Waals surface area contributed by atoms with Gasteiger partial charge in [-0.05, 0) is 48.9 Å². The van der Waals surface area contributed by atoms with E-state index in [0.29, 0.717) is 21.2 Å². The molecule has 2 aromatic heterocycles. The van der Waals surface area contributed by atoms with Gasteiger partial charge in [-0.3, -0.25) is 9.59 Å². The molecule has 0 N–H and O–H groups in total. The summed E-state index contributed by atoms with van der Waals surface area (Å²) >= 11 is 8.53. The molecular weight excluding hydrogens is 416 g/mol. The number of hydrogen-bond acceptors (Lipinski definition) is 7. The van der Waals surface area contributed by atoms with Gasteiger partial charge < -0.3 is 4.74 Å². The second kappa shape index (κ2) is 7.43. The minimum absolute atomic E-state index is 0.197. The van der Waals surface area contributed by atoms with E-state index in [2.05, 4.69) is 8.75 Å². The molecule has 0 aliphatic heterocycles. The Bertz CT molecular complexity index is 1230. The van der Waals surface area contributed by atoms with E-state index in [1.165, 1.54) is 31.4 Å². The van der Waals surface area contributed by atoms with E-state index in [1.54, 1.807) is 12.1 Å². The predicted molar refractivity (Wildman–Crippen MR) is 112 cm³/mol. The molecule has 2 heterocycles. The lowest BCUT2D eigenvalue weighted by atomic mass is 10.00. The molecule has 0 atom stereocenters. The van der Waals surface area contributed by atoms with E-state index in [0.717, 1.165) is 33.2 Å². The molecular formula is C20H13ClN2O3S2. The molecule has 0 saturated carbocycles. The highest BCUT2D eigenvalue weighted by atomic mass is 35.5. The molecule has 0 radical (unpaired) electrons. The van der Waals surface area contributed by atoms with Crippen molar-refractivity contribution in [3.63, 3.8) is 0 Å². The van der Waals surface area contributed by atoms with Gasteiger partial charge in [-0.15, -0.1) is 11.3 Å². The van der Waals surface area contributed by atoms with E-state index in [-0.39, 0.29) is 17.1 Å². The Hall–Kier alpha value is -2.61. The van der Waals surface area contributed by atoms with Gasteiger partial charge in [-0.2, -0.15) is 8.75 Å². The van der Waals surface area contributed by atoms with E-state index < -0.39 is 0 Å². The number of ketones is 2. The Morgan fingerprint density at radius 1 is 1.00 bits per heavy atom. The van der Waals surface area contributed by atoms with Gasteiger partial charge in [0.1, 0.15) is 21.7 Å². The zero-order valence-electron chi connectivity index (χ0n) is 14.9. The van der Waals surface area contributed by atoms with Crippen LogP contribution < -0.4 is 4.74 Å². The molecule has 28 heavy (non-hydrogen) atoms. The van der Waals surface area contributed by atoms with Crippen LogP contribution in [0.3, 0.4) is 0 Å². The van der Waals surface area contributed by atoms with Crippen molar-refractivity contribution in [1.29, 1.82) is 0 Å². The molecule has 0 unspecified atom stereocenters. The summed E-state index contributed by atoms with van der Waals surface area (Å²) in [5, 5.41) is 0.394. The van der Waals surface area contributed by atoms with Crippen LogP contribution in [0.25, 0.3) is 21.5 Å². The maximum atomic E-state index is 13.2. The van der Waals surface area contributed by atoms with Crippen LogP contribution in [-0.4, -0.2) is 27.4 Å². The summed E-state index contributed by atoms with van der Waals surface area (Å²) in [5.41, 5.74) is 3.16. The van der Waals surface area contributed by atoms with E-state index in [1.807, 2.05) is 24.3 Å². The molecule has 0 amide bonds. The van der Waals surface area contributed by atoms with Gasteiger partial charge >= 0.3 is 0 Å². The van der Waals surface area contributed by atoms with Crippen molar-refractivity contribution in [1.82, 2.24) is 8.75 Å². The van der Waals surface area contributed by atoms with Crippen LogP contribution in [0.2, 0.25) is 5.02 Å². The van der Waals surface area contributed by atoms with E-state index in [9.17, 15) is 9.59 Å². The molecule has 4 aromatic rings. The highest BCUT2D eigenvalue weighted by molar-refractivity contribution is 7.18. The fraction of sp³-hybridized carbons (Fsp3) is 0.100. The van der Waals surface area contributed by atoms with Crippen LogP contribution in [0, 0.1) is 0 Å². The average Bonchev–Trinajstić information content (AvgIpc) is 3.33. The number of nitrogens with zero attached hydrogens (tertiary/aromatic N) is 2. The Kier molecular flexibility index (Phi) is 4.97. The first kappa shape index (κ1) is 18.7. The largest absolute Gasteiger partial charge is 0.495 e. The third kappa shape index (κ3) is 3.32. The zero-order chi connectivity index (χ0) is 19.8. The molecule has 2 aromatic carbocycles. The Labute approximate surface area is 173 Å². The number of benzene rings is 2. The molecule has 0 bridgehead atoms. The number of thiophene rings is 1. The van der Waals surface area contributed by atoms with Gasteiger partial charge in [-0.25, -0.2) is 0 Å². The first-order valence-electron chi connectivity index (χ1n) is 8.23. The van der Waals surface area contributed by atoms with Crippen molar-refractivity contribution in [2.24, 2.45) is 0 Å². The number of Topliss-reactive ketones (excluding diaryl/α,β-unsaturated/α-hetero) is 1. The van der Waals surface area contributed by atoms with Crippen molar-refractivity contribution in [3.8, 4) is 16.2 Å². The first-order chi connectivity index (χ1) is 13.5. The van der Waals surface area contributed by atoms with Crippen molar-refractivity contribution in [2.45, 2.75) is 6.92 Å². The molecule has 0 aliphatic rings. The molecule has 0 fully saturated rings. The fourth-order valence-electron chi connectivity index (χ4n) is 2.90. The van der Waals surface area contributed by atoms with E-state index >= 15 is 0 Å². The van der Waals surface area contributed by atoms with Gasteiger partial charge in [0.15, 0.2) is 5.78 Å². The Balaban J connectivity index is 1.81. The molecule has 0 aliphatic carbocycles. The van der Waals surface area contributed by atoms with Crippen LogP contribution in [0.5, 0.6) is 5.75 Å². The monoisotopic (exact) mass is 428 g/mol. The highest BCUT2D eigenvalue weighted by Gasteiger charge is 2.23. The third-order valence-corrected chi connectivity index (χ3v) is 6.22. The number of methoxy groups -OCH3 is 1. The van der Waals surface area contributed by atoms with Gasteiger partial charge in [0.25, 0.3) is 0 Å². The summed E-state index contributed by atoms with van der Waals surface area (Å²) in [5.74, 6) is -0.0366. The normalized spacial score (nSPS) is 11.0. The first-order valence-corrected chi connectivity index (χ1v) is 10.2. The topological polar surface area (TPSA) is 69.2 Å². The zero-order valence-corrected chi connectivity index (χ0v) is 17.2. The number of aromatic nitrogens is 2. The summed E-state index contributed by atoms with van der Waals surface area (Å²) in [7, 11) is 1.51. The van der Waals surface area contributed by atoms with Crippen LogP contribution in [-0.2, 0) is 0 Å². The second-order valence-corrected chi connectivity index (χ2v) is 8.07. The van der Waals surface area contributed by atoms with Gasteiger partial charge in [0.2, 0.25) is 5.78 Å². The number of rotatable bonds is 5. The number of carbonyl (C=O) groups is 2. The summed E-state index contributed by atoms with van der Waals surface area (Å²) < 4.78 is 13.9. The van der Waals surface area contributed by atoms with Crippen LogP contribution in [0.4, 0.5) is 0 Å². The standard InChI is InChI=1S/C20H13ClN2O3S2/c1-10(24)13-5-4-12(21)8-14(13)19(25)20-17(26-2)9-18(27-20)11-3-6-15-16(7-11)23-28-22-15/h3-9H,1-2H3. The predicted octanol–water partition coefficient (Wildman–Crippen LogP) is 5.52. The summed E-state index contributed by atoms with van der Waals surface area (Å²) in [4.78, 5) is 26.5. The summed E-state index contributed by atoms with van der Waals surface area (Å²) in [6.45, 7) is 1.42. The minimum atomic E-state index is -0.294. The number of carbonyl (C=O) groups excluding carboxylic acids is 2. The minimum Gasteiger partial charge on any atom is -0.495 e. The molecule has 4 rings (SSSR count). The average molecular weight is 429 g/mol. The number of halogens is 1. The van der Waals surface area contributed by atoms with Crippen LogP contribution in [0.1, 0.15) is 32.5 Å². The molecule has 0 spiro atoms. The maximum Gasteiger partial charge on any atom is 0.207 e. The smallest absolute Gasteiger partial charge is 0.207 e. The summed E-state index contributed by atoms with van der Waals surface area (Å²) in [6.07, 6.45) is 0. The van der Waals surface area contributed by atoms with Crippen molar-refractivity contribution in [3.05, 3.63) is 63.5 Å². The highest BCUT2D eigenvalue weighted by Crippen LogP contribution is 2.39. The molecule has 140 valence electrons. The van der Waals surface area contributed by atoms with E-state index in [4.69, 9.17) is 16.3 Å². The van der Waals surface area contributed by atoms with Crippen molar-refractivity contribution < 1.29 is 14.3 Å². The maximum absolute atomic E-state index is 13.2. The number of hydrogen-bond donors (Lipinski definition) is 0. The lowest BCUT2D eigenvalue weighted by Gasteiger charge is -2.07. The Morgan fingerprint density at radius 3 is 2.54 bits per heavy atom. The van der Waals surface area contributed by atoms with Crippen molar-refractivity contribution >= 4 is 57.3 Å². The van der Waals surface area contributed by atoms with Crippen LogP contribution >= 0.6 is 34.7 Å². The fourth-order valence-corrected chi connectivity index (χ4v) is 4.66.